The summed E-state index contributed by atoms with van der Waals surface area (Å²) >= 11 is 0. The number of rotatable bonds is 3. The zero-order chi connectivity index (χ0) is 19.8. The van der Waals surface area contributed by atoms with Gasteiger partial charge in [0.25, 0.3) is 0 Å². The van der Waals surface area contributed by atoms with Crippen molar-refractivity contribution in [3.63, 3.8) is 0 Å². The van der Waals surface area contributed by atoms with E-state index >= 15 is 0 Å². The van der Waals surface area contributed by atoms with E-state index in [4.69, 9.17) is 0 Å². The number of anilines is 1. The van der Waals surface area contributed by atoms with E-state index in [0.717, 1.165) is 40.2 Å². The maximum absolute atomic E-state index is 13.1. The second kappa shape index (κ2) is 7.23. The first-order valence-corrected chi connectivity index (χ1v) is 9.97. The molecule has 0 bridgehead atoms. The summed E-state index contributed by atoms with van der Waals surface area (Å²) in [5, 5.41) is 9.10. The van der Waals surface area contributed by atoms with Gasteiger partial charge in [0, 0.05) is 17.0 Å². The average molecular weight is 374 g/mol. The fourth-order valence-electron chi connectivity index (χ4n) is 3.77. The molecule has 0 fully saturated rings. The largest absolute Gasteiger partial charge is 0.307 e. The van der Waals surface area contributed by atoms with Crippen LogP contribution in [0.5, 0.6) is 0 Å². The maximum Gasteiger partial charge on any atom is 0.229 e. The molecule has 0 spiro atoms. The zero-order valence-corrected chi connectivity index (χ0v) is 16.9. The molecular formula is C23H26N4O. The first-order valence-electron chi connectivity index (χ1n) is 9.97. The molecule has 4 rings (SSSR count). The van der Waals surface area contributed by atoms with Crippen molar-refractivity contribution < 1.29 is 4.79 Å². The predicted molar refractivity (Wildman–Crippen MR) is 112 cm³/mol. The molecule has 5 heteroatoms. The van der Waals surface area contributed by atoms with Crippen LogP contribution in [0.1, 0.15) is 45.7 Å². The van der Waals surface area contributed by atoms with Gasteiger partial charge in [0.1, 0.15) is 5.69 Å². The fourth-order valence-corrected chi connectivity index (χ4v) is 3.77. The van der Waals surface area contributed by atoms with Gasteiger partial charge < -0.3 is 4.90 Å². The topological polar surface area (TPSA) is 51.0 Å². The summed E-state index contributed by atoms with van der Waals surface area (Å²) in [4.78, 5) is 15.0. The Kier molecular flexibility index (Phi) is 4.75. The SMILES string of the molecule is CCC(C)n1nnc2c1-c1ccccc1CN(C(=O)C(C)C)c1ccccc1-2. The molecule has 1 amide bonds. The van der Waals surface area contributed by atoms with E-state index in [2.05, 4.69) is 36.3 Å². The third-order valence-electron chi connectivity index (χ3n) is 5.51. The van der Waals surface area contributed by atoms with Crippen LogP contribution >= 0.6 is 0 Å². The van der Waals surface area contributed by atoms with Gasteiger partial charge in [-0.2, -0.15) is 0 Å². The van der Waals surface area contributed by atoms with E-state index in [0.29, 0.717) is 6.54 Å². The number of carbonyl (C=O) groups excluding carboxylic acids is 1. The summed E-state index contributed by atoms with van der Waals surface area (Å²) in [5.74, 6) is 0.0231. The van der Waals surface area contributed by atoms with E-state index in [-0.39, 0.29) is 17.9 Å². The van der Waals surface area contributed by atoms with Crippen LogP contribution in [0.2, 0.25) is 0 Å². The minimum Gasteiger partial charge on any atom is -0.307 e. The summed E-state index contributed by atoms with van der Waals surface area (Å²) in [6.07, 6.45) is 0.970. The van der Waals surface area contributed by atoms with Crippen molar-refractivity contribution in [2.75, 3.05) is 4.90 Å². The lowest BCUT2D eigenvalue weighted by Crippen LogP contribution is -2.34. The number of amides is 1. The van der Waals surface area contributed by atoms with Gasteiger partial charge in [0.2, 0.25) is 5.91 Å². The van der Waals surface area contributed by atoms with Gasteiger partial charge in [-0.3, -0.25) is 4.79 Å². The summed E-state index contributed by atoms with van der Waals surface area (Å²) in [7, 11) is 0. The van der Waals surface area contributed by atoms with Crippen molar-refractivity contribution in [1.29, 1.82) is 0 Å². The van der Waals surface area contributed by atoms with E-state index in [1.54, 1.807) is 0 Å². The van der Waals surface area contributed by atoms with Crippen molar-refractivity contribution >= 4 is 11.6 Å². The van der Waals surface area contributed by atoms with Crippen molar-refractivity contribution in [2.24, 2.45) is 5.92 Å². The van der Waals surface area contributed by atoms with Gasteiger partial charge in [-0.15, -0.1) is 5.10 Å². The Bertz CT molecular complexity index is 1020. The Hall–Kier alpha value is -2.95. The summed E-state index contributed by atoms with van der Waals surface area (Å²) in [6.45, 7) is 8.75. The molecule has 2 aromatic carbocycles. The van der Waals surface area contributed by atoms with Crippen molar-refractivity contribution in [2.45, 2.75) is 46.7 Å². The molecule has 0 aliphatic carbocycles. The molecule has 2 heterocycles. The van der Waals surface area contributed by atoms with Crippen LogP contribution in [0.3, 0.4) is 0 Å². The molecule has 28 heavy (non-hydrogen) atoms. The fraction of sp³-hybridized carbons (Fsp3) is 0.348. The molecule has 1 atom stereocenters. The molecule has 0 radical (unpaired) electrons. The predicted octanol–water partition coefficient (Wildman–Crippen LogP) is 5.09. The molecule has 0 saturated carbocycles. The Labute approximate surface area is 166 Å². The van der Waals surface area contributed by atoms with Crippen LogP contribution in [0.15, 0.2) is 48.5 Å². The number of hydrogen-bond acceptors (Lipinski definition) is 3. The molecule has 1 aliphatic heterocycles. The summed E-state index contributed by atoms with van der Waals surface area (Å²) in [5.41, 5.74) is 5.93. The van der Waals surface area contributed by atoms with Crippen LogP contribution in [-0.2, 0) is 11.3 Å². The lowest BCUT2D eigenvalue weighted by Gasteiger charge is -2.30. The minimum atomic E-state index is -0.0880. The summed E-state index contributed by atoms with van der Waals surface area (Å²) < 4.78 is 2.03. The number of para-hydroxylation sites is 1. The van der Waals surface area contributed by atoms with E-state index < -0.39 is 0 Å². The lowest BCUT2D eigenvalue weighted by atomic mass is 9.94. The molecule has 0 N–H and O–H groups in total. The highest BCUT2D eigenvalue weighted by molar-refractivity contribution is 6.00. The zero-order valence-electron chi connectivity index (χ0n) is 16.9. The number of fused-ring (bicyclic) bond motifs is 5. The Balaban J connectivity index is 2.04. The number of nitrogens with zero attached hydrogens (tertiary/aromatic N) is 4. The van der Waals surface area contributed by atoms with E-state index in [1.807, 2.05) is 59.8 Å². The van der Waals surface area contributed by atoms with Crippen molar-refractivity contribution in [3.8, 4) is 22.5 Å². The van der Waals surface area contributed by atoms with Crippen LogP contribution in [0.25, 0.3) is 22.5 Å². The average Bonchev–Trinajstić information content (AvgIpc) is 3.14. The third kappa shape index (κ3) is 2.91. The quantitative estimate of drug-likeness (QED) is 0.642. The number of aromatic nitrogens is 3. The highest BCUT2D eigenvalue weighted by Crippen LogP contribution is 2.42. The van der Waals surface area contributed by atoms with Gasteiger partial charge in [0.05, 0.1) is 24.0 Å². The van der Waals surface area contributed by atoms with Gasteiger partial charge in [0.15, 0.2) is 0 Å². The smallest absolute Gasteiger partial charge is 0.229 e. The van der Waals surface area contributed by atoms with Crippen LogP contribution < -0.4 is 4.90 Å². The standard InChI is InChI=1S/C23H26N4O/c1-5-16(4)27-22-18-11-7-6-10-17(18)14-26(23(28)15(2)3)20-13-9-8-12-19(20)21(22)24-25-27/h6-13,15-16H,5,14H2,1-4H3. The molecule has 1 aliphatic rings. The maximum atomic E-state index is 13.1. The Morgan fingerprint density at radius 2 is 1.71 bits per heavy atom. The van der Waals surface area contributed by atoms with Gasteiger partial charge >= 0.3 is 0 Å². The molecule has 1 unspecified atom stereocenters. The third-order valence-corrected chi connectivity index (χ3v) is 5.51. The first-order chi connectivity index (χ1) is 13.5. The van der Waals surface area contributed by atoms with Crippen molar-refractivity contribution in [3.05, 3.63) is 54.1 Å². The Morgan fingerprint density at radius 3 is 2.43 bits per heavy atom. The van der Waals surface area contributed by atoms with E-state index in [9.17, 15) is 4.79 Å². The molecule has 144 valence electrons. The second-order valence-corrected chi connectivity index (χ2v) is 7.74. The van der Waals surface area contributed by atoms with Gasteiger partial charge in [-0.05, 0) is 25.0 Å². The van der Waals surface area contributed by atoms with Crippen LogP contribution in [0.4, 0.5) is 5.69 Å². The molecule has 1 aromatic heterocycles. The molecule has 5 nitrogen and oxygen atoms in total. The van der Waals surface area contributed by atoms with E-state index in [1.165, 1.54) is 0 Å². The molecular weight excluding hydrogens is 348 g/mol. The molecule has 0 saturated heterocycles. The number of hydrogen-bond donors (Lipinski definition) is 0. The van der Waals surface area contributed by atoms with Crippen LogP contribution in [0, 0.1) is 5.92 Å². The lowest BCUT2D eigenvalue weighted by molar-refractivity contribution is -0.121. The number of carbonyl (C=O) groups is 1. The number of benzene rings is 2. The van der Waals surface area contributed by atoms with Crippen molar-refractivity contribution in [1.82, 2.24) is 15.0 Å². The van der Waals surface area contributed by atoms with Gasteiger partial charge in [-0.25, -0.2) is 4.68 Å². The highest BCUT2D eigenvalue weighted by atomic mass is 16.2. The molecule has 3 aromatic rings. The van der Waals surface area contributed by atoms with Crippen LogP contribution in [-0.4, -0.2) is 20.9 Å². The van der Waals surface area contributed by atoms with Gasteiger partial charge in [-0.1, -0.05) is 68.4 Å². The normalized spacial score (nSPS) is 14.0. The Morgan fingerprint density at radius 1 is 1.04 bits per heavy atom. The monoisotopic (exact) mass is 374 g/mol. The highest BCUT2D eigenvalue weighted by Gasteiger charge is 2.30. The second-order valence-electron chi connectivity index (χ2n) is 7.74. The summed E-state index contributed by atoms with van der Waals surface area (Å²) in [6, 6.07) is 16.5. The minimum absolute atomic E-state index is 0.0880. The first kappa shape index (κ1) is 18.4.